The first-order valence-corrected chi connectivity index (χ1v) is 10.2. The van der Waals surface area contributed by atoms with Crippen molar-refractivity contribution in [1.29, 1.82) is 0 Å². The smallest absolute Gasteiger partial charge is 0.207 e. The predicted octanol–water partition coefficient (Wildman–Crippen LogP) is 4.41. The Hall–Kier alpha value is 0.0900. The molecule has 3 nitrogen and oxygen atoms in total. The average Bonchev–Trinajstić information content (AvgIpc) is 2.78. The van der Waals surface area contributed by atoms with Crippen molar-refractivity contribution >= 4 is 37.3 Å². The highest BCUT2D eigenvalue weighted by atomic mass is 79.9. The summed E-state index contributed by atoms with van der Waals surface area (Å²) in [5, 5.41) is 0. The Morgan fingerprint density at radius 3 is 2.25 bits per heavy atom. The molecule has 1 fully saturated rings. The summed E-state index contributed by atoms with van der Waals surface area (Å²) in [5.74, 6) is 0. The van der Waals surface area contributed by atoms with Crippen molar-refractivity contribution < 1.29 is 8.42 Å². The SMILES string of the molecule is CCC1(CC)CCN(S(=O)(=O)c2cc(Br)sc2C)CC1. The Bertz CT molecular complexity index is 566. The van der Waals surface area contributed by atoms with Gasteiger partial charge in [0.15, 0.2) is 0 Å². The molecule has 0 atom stereocenters. The van der Waals surface area contributed by atoms with Crippen molar-refractivity contribution in [3.63, 3.8) is 0 Å². The molecule has 2 rings (SSSR count). The van der Waals surface area contributed by atoms with E-state index < -0.39 is 10.0 Å². The quantitative estimate of drug-likeness (QED) is 0.776. The lowest BCUT2D eigenvalue weighted by Crippen LogP contribution is -2.42. The van der Waals surface area contributed by atoms with Crippen LogP contribution in [0.1, 0.15) is 44.4 Å². The number of thiophene rings is 1. The number of aryl methyl sites for hydroxylation is 1. The number of nitrogens with zero attached hydrogens (tertiary/aromatic N) is 1. The molecule has 0 spiro atoms. The maximum absolute atomic E-state index is 12.7. The summed E-state index contributed by atoms with van der Waals surface area (Å²) in [6.07, 6.45) is 4.23. The highest BCUT2D eigenvalue weighted by molar-refractivity contribution is 9.11. The number of rotatable bonds is 4. The van der Waals surface area contributed by atoms with Gasteiger partial charge in [0.25, 0.3) is 0 Å². The third kappa shape index (κ3) is 2.98. The lowest BCUT2D eigenvalue weighted by Gasteiger charge is -2.40. The lowest BCUT2D eigenvalue weighted by molar-refractivity contribution is 0.141. The Labute approximate surface area is 134 Å². The summed E-state index contributed by atoms with van der Waals surface area (Å²) in [4.78, 5) is 1.33. The van der Waals surface area contributed by atoms with E-state index in [9.17, 15) is 8.42 Å². The van der Waals surface area contributed by atoms with Crippen LogP contribution >= 0.6 is 27.3 Å². The van der Waals surface area contributed by atoms with E-state index in [0.717, 1.165) is 34.3 Å². The predicted molar refractivity (Wildman–Crippen MR) is 87.8 cm³/mol. The van der Waals surface area contributed by atoms with E-state index in [1.807, 2.05) is 6.92 Å². The van der Waals surface area contributed by atoms with Crippen molar-refractivity contribution in [2.75, 3.05) is 13.1 Å². The molecule has 1 aliphatic heterocycles. The zero-order chi connectivity index (χ0) is 15.0. The van der Waals surface area contributed by atoms with Crippen molar-refractivity contribution in [2.45, 2.75) is 51.3 Å². The van der Waals surface area contributed by atoms with Gasteiger partial charge in [0.2, 0.25) is 10.0 Å². The first kappa shape index (κ1) is 16.5. The molecule has 1 aromatic heterocycles. The average molecular weight is 380 g/mol. The van der Waals surface area contributed by atoms with Gasteiger partial charge in [0, 0.05) is 18.0 Å². The maximum Gasteiger partial charge on any atom is 0.244 e. The van der Waals surface area contributed by atoms with Gasteiger partial charge in [-0.15, -0.1) is 11.3 Å². The van der Waals surface area contributed by atoms with Crippen LogP contribution in [0.5, 0.6) is 0 Å². The normalized spacial score (nSPS) is 20.2. The topological polar surface area (TPSA) is 37.4 Å². The summed E-state index contributed by atoms with van der Waals surface area (Å²) < 4.78 is 28.0. The molecule has 0 N–H and O–H groups in total. The van der Waals surface area contributed by atoms with Crippen molar-refractivity contribution in [2.24, 2.45) is 5.41 Å². The third-order valence-corrected chi connectivity index (χ3v) is 8.45. The number of hydrogen-bond acceptors (Lipinski definition) is 3. The van der Waals surface area contributed by atoms with Gasteiger partial charge in [0.1, 0.15) is 0 Å². The van der Waals surface area contributed by atoms with Crippen LogP contribution in [0.3, 0.4) is 0 Å². The minimum atomic E-state index is -3.32. The zero-order valence-electron chi connectivity index (χ0n) is 12.3. The van der Waals surface area contributed by atoms with E-state index in [2.05, 4.69) is 29.8 Å². The van der Waals surface area contributed by atoms with Crippen LogP contribution in [0, 0.1) is 12.3 Å². The standard InChI is InChI=1S/C14H22BrNO2S2/c1-4-14(5-2)6-8-16(9-7-14)20(17,18)12-10-13(15)19-11(12)3/h10H,4-9H2,1-3H3. The van der Waals surface area contributed by atoms with Crippen LogP contribution in [-0.4, -0.2) is 25.8 Å². The first-order chi connectivity index (χ1) is 9.34. The van der Waals surface area contributed by atoms with Crippen molar-refractivity contribution in [3.05, 3.63) is 14.7 Å². The molecule has 0 saturated carbocycles. The molecule has 6 heteroatoms. The Kier molecular flexibility index (Phi) is 4.99. The molecule has 1 aliphatic rings. The molecule has 2 heterocycles. The van der Waals surface area contributed by atoms with Crippen LogP contribution in [-0.2, 0) is 10.0 Å². The Morgan fingerprint density at radius 1 is 1.30 bits per heavy atom. The summed E-state index contributed by atoms with van der Waals surface area (Å²) >= 11 is 4.86. The molecule has 114 valence electrons. The monoisotopic (exact) mass is 379 g/mol. The molecule has 0 amide bonds. The van der Waals surface area contributed by atoms with Crippen LogP contribution < -0.4 is 0 Å². The highest BCUT2D eigenvalue weighted by Crippen LogP contribution is 2.40. The van der Waals surface area contributed by atoms with Gasteiger partial charge in [-0.25, -0.2) is 8.42 Å². The Morgan fingerprint density at radius 2 is 1.85 bits per heavy atom. The molecular formula is C14H22BrNO2S2. The number of halogens is 1. The molecule has 1 aromatic rings. The van der Waals surface area contributed by atoms with E-state index >= 15 is 0 Å². The fraction of sp³-hybridized carbons (Fsp3) is 0.714. The number of piperidine rings is 1. The molecule has 0 aromatic carbocycles. The second-order valence-electron chi connectivity index (χ2n) is 5.58. The minimum absolute atomic E-state index is 0.344. The van der Waals surface area contributed by atoms with E-state index in [0.29, 0.717) is 23.4 Å². The van der Waals surface area contributed by atoms with Gasteiger partial charge in [-0.05, 0) is 47.2 Å². The summed E-state index contributed by atoms with van der Waals surface area (Å²) in [5.41, 5.74) is 0.344. The number of hydrogen-bond donors (Lipinski definition) is 0. The third-order valence-electron chi connectivity index (χ3n) is 4.74. The molecule has 0 bridgehead atoms. The van der Waals surface area contributed by atoms with Gasteiger partial charge >= 0.3 is 0 Å². The second-order valence-corrected chi connectivity index (χ2v) is 10.1. The van der Waals surface area contributed by atoms with Crippen molar-refractivity contribution in [3.8, 4) is 0 Å². The second kappa shape index (κ2) is 6.07. The minimum Gasteiger partial charge on any atom is -0.207 e. The summed E-state index contributed by atoms with van der Waals surface area (Å²) in [6, 6.07) is 1.73. The fourth-order valence-corrected chi connectivity index (χ4v) is 6.81. The lowest BCUT2D eigenvalue weighted by atomic mass is 9.75. The van der Waals surface area contributed by atoms with E-state index in [-0.39, 0.29) is 0 Å². The largest absolute Gasteiger partial charge is 0.244 e. The van der Waals surface area contributed by atoms with Crippen LogP contribution in [0.4, 0.5) is 0 Å². The zero-order valence-corrected chi connectivity index (χ0v) is 15.5. The van der Waals surface area contributed by atoms with Gasteiger partial charge in [-0.3, -0.25) is 0 Å². The highest BCUT2D eigenvalue weighted by Gasteiger charge is 2.37. The van der Waals surface area contributed by atoms with Crippen LogP contribution in [0.2, 0.25) is 0 Å². The maximum atomic E-state index is 12.7. The number of sulfonamides is 1. The summed E-state index contributed by atoms with van der Waals surface area (Å²) in [6.45, 7) is 7.60. The molecule has 1 saturated heterocycles. The van der Waals surface area contributed by atoms with Gasteiger partial charge in [0.05, 0.1) is 8.68 Å². The Balaban J connectivity index is 2.20. The fourth-order valence-electron chi connectivity index (χ4n) is 2.98. The van der Waals surface area contributed by atoms with Gasteiger partial charge in [-0.2, -0.15) is 4.31 Å². The molecule has 0 unspecified atom stereocenters. The first-order valence-electron chi connectivity index (χ1n) is 7.11. The van der Waals surface area contributed by atoms with E-state index in [4.69, 9.17) is 0 Å². The van der Waals surface area contributed by atoms with Crippen LogP contribution in [0.25, 0.3) is 0 Å². The molecule has 20 heavy (non-hydrogen) atoms. The van der Waals surface area contributed by atoms with Gasteiger partial charge < -0.3 is 0 Å². The summed E-state index contributed by atoms with van der Waals surface area (Å²) in [7, 11) is -3.32. The molecule has 0 radical (unpaired) electrons. The molecule has 0 aliphatic carbocycles. The van der Waals surface area contributed by atoms with E-state index in [1.165, 1.54) is 11.3 Å². The van der Waals surface area contributed by atoms with Crippen LogP contribution in [0.15, 0.2) is 14.7 Å². The van der Waals surface area contributed by atoms with E-state index in [1.54, 1.807) is 10.4 Å². The van der Waals surface area contributed by atoms with Crippen molar-refractivity contribution in [1.82, 2.24) is 4.31 Å². The molecular weight excluding hydrogens is 358 g/mol. The van der Waals surface area contributed by atoms with Gasteiger partial charge in [-0.1, -0.05) is 26.7 Å².